The summed E-state index contributed by atoms with van der Waals surface area (Å²) in [7, 11) is 0. The molecule has 1 N–H and O–H groups in total. The molecule has 0 unspecified atom stereocenters. The number of halogens is 2. The van der Waals surface area contributed by atoms with Gasteiger partial charge in [-0.3, -0.25) is 4.79 Å². The molecule has 82 valence electrons. The van der Waals surface area contributed by atoms with Crippen LogP contribution in [0.4, 0.5) is 8.78 Å². The predicted molar refractivity (Wildman–Crippen MR) is 51.7 cm³/mol. The molecule has 0 aromatic heterocycles. The lowest BCUT2D eigenvalue weighted by Crippen LogP contribution is -2.02. The number of hydrogen-bond acceptors (Lipinski definition) is 1. The highest BCUT2D eigenvalue weighted by Crippen LogP contribution is 2.17. The zero-order valence-electron chi connectivity index (χ0n) is 8.39. The van der Waals surface area contributed by atoms with E-state index in [-0.39, 0.29) is 18.4 Å². The summed E-state index contributed by atoms with van der Waals surface area (Å²) in [6, 6.07) is 2.65. The van der Waals surface area contributed by atoms with Crippen LogP contribution >= 0.6 is 0 Å². The lowest BCUT2D eigenvalue weighted by Gasteiger charge is -2.05. The highest BCUT2D eigenvalue weighted by atomic mass is 19.2. The van der Waals surface area contributed by atoms with Gasteiger partial charge in [0.2, 0.25) is 0 Å². The fourth-order valence-corrected chi connectivity index (χ4v) is 1.34. The predicted octanol–water partition coefficient (Wildman–Crippen LogP) is 2.54. The molecule has 0 atom stereocenters. The van der Waals surface area contributed by atoms with Gasteiger partial charge >= 0.3 is 5.97 Å². The van der Waals surface area contributed by atoms with E-state index < -0.39 is 17.6 Å². The van der Waals surface area contributed by atoms with Gasteiger partial charge in [0, 0.05) is 6.42 Å². The Bertz CT molecular complexity index is 375. The Morgan fingerprint density at radius 1 is 1.40 bits per heavy atom. The van der Waals surface area contributed by atoms with Crippen LogP contribution in [0.5, 0.6) is 0 Å². The van der Waals surface area contributed by atoms with E-state index in [2.05, 4.69) is 0 Å². The zero-order chi connectivity index (χ0) is 11.4. The molecule has 0 amide bonds. The van der Waals surface area contributed by atoms with Crippen LogP contribution in [0.3, 0.4) is 0 Å². The van der Waals surface area contributed by atoms with Crippen molar-refractivity contribution in [2.24, 2.45) is 0 Å². The summed E-state index contributed by atoms with van der Waals surface area (Å²) in [5, 5.41) is 8.45. The van der Waals surface area contributed by atoms with Crippen LogP contribution < -0.4 is 0 Å². The van der Waals surface area contributed by atoms with Gasteiger partial charge in [0.25, 0.3) is 0 Å². The molecule has 0 heterocycles. The summed E-state index contributed by atoms with van der Waals surface area (Å²) in [4.78, 5) is 10.3. The minimum atomic E-state index is -1.02. The van der Waals surface area contributed by atoms with Crippen molar-refractivity contribution in [3.05, 3.63) is 34.9 Å². The van der Waals surface area contributed by atoms with E-state index in [1.54, 1.807) is 0 Å². The van der Waals surface area contributed by atoms with E-state index in [0.29, 0.717) is 12.0 Å². The molecule has 1 aromatic carbocycles. The summed E-state index contributed by atoms with van der Waals surface area (Å²) in [6.45, 7) is 1.83. The largest absolute Gasteiger partial charge is 0.481 e. The molecule has 1 aromatic rings. The highest BCUT2D eigenvalue weighted by molar-refractivity contribution is 5.67. The van der Waals surface area contributed by atoms with Crippen molar-refractivity contribution in [3.8, 4) is 0 Å². The molecular formula is C11H12F2O2. The van der Waals surface area contributed by atoms with Gasteiger partial charge in [-0.1, -0.05) is 13.0 Å². The van der Waals surface area contributed by atoms with Crippen molar-refractivity contribution >= 4 is 5.97 Å². The summed E-state index contributed by atoms with van der Waals surface area (Å²) in [6.07, 6.45) is 0.423. The normalized spacial score (nSPS) is 10.3. The number of aliphatic carboxylic acids is 1. The molecule has 0 fully saturated rings. The average Bonchev–Trinajstić information content (AvgIpc) is 2.19. The fraction of sp³-hybridized carbons (Fsp3) is 0.364. The topological polar surface area (TPSA) is 37.3 Å². The first kappa shape index (κ1) is 11.6. The van der Waals surface area contributed by atoms with Gasteiger partial charge in [-0.2, -0.15) is 0 Å². The van der Waals surface area contributed by atoms with Crippen LogP contribution in [-0.2, 0) is 17.6 Å². The lowest BCUT2D eigenvalue weighted by molar-refractivity contribution is -0.136. The molecule has 2 nitrogen and oxygen atoms in total. The van der Waals surface area contributed by atoms with Gasteiger partial charge in [0.15, 0.2) is 11.6 Å². The molecule has 0 saturated carbocycles. The maximum absolute atomic E-state index is 13.2. The summed E-state index contributed by atoms with van der Waals surface area (Å²) in [5.41, 5.74) is 0.809. The Kier molecular flexibility index (Phi) is 3.77. The van der Waals surface area contributed by atoms with E-state index in [0.717, 1.165) is 6.07 Å². The number of rotatable bonds is 4. The molecule has 0 bridgehead atoms. The number of hydrogen-bond donors (Lipinski definition) is 1. The number of carbonyl (C=O) groups is 1. The third-order valence-electron chi connectivity index (χ3n) is 2.18. The van der Waals surface area contributed by atoms with Crippen molar-refractivity contribution in [2.75, 3.05) is 0 Å². The average molecular weight is 214 g/mol. The van der Waals surface area contributed by atoms with Gasteiger partial charge in [-0.05, 0) is 30.0 Å². The second-order valence-electron chi connectivity index (χ2n) is 3.30. The third-order valence-corrected chi connectivity index (χ3v) is 2.18. The van der Waals surface area contributed by atoms with E-state index in [4.69, 9.17) is 5.11 Å². The van der Waals surface area contributed by atoms with Gasteiger partial charge in [-0.15, -0.1) is 0 Å². The van der Waals surface area contributed by atoms with Crippen LogP contribution in [0.25, 0.3) is 0 Å². The van der Waals surface area contributed by atoms with Crippen LogP contribution in [-0.4, -0.2) is 11.1 Å². The number of carboxylic acid groups (broad SMARTS) is 1. The van der Waals surface area contributed by atoms with E-state index in [1.165, 1.54) is 6.07 Å². The third kappa shape index (κ3) is 3.01. The van der Waals surface area contributed by atoms with Crippen molar-refractivity contribution < 1.29 is 18.7 Å². The molecule has 0 aliphatic carbocycles. The number of carboxylic acids is 1. The first-order chi connectivity index (χ1) is 7.04. The van der Waals surface area contributed by atoms with Crippen molar-refractivity contribution in [2.45, 2.75) is 26.2 Å². The molecule has 0 aliphatic heterocycles. The summed E-state index contributed by atoms with van der Waals surface area (Å²) < 4.78 is 26.2. The van der Waals surface area contributed by atoms with Gasteiger partial charge < -0.3 is 5.11 Å². The quantitative estimate of drug-likeness (QED) is 0.836. The minimum absolute atomic E-state index is 0.0198. The molecule has 0 spiro atoms. The smallest absolute Gasteiger partial charge is 0.303 e. The van der Waals surface area contributed by atoms with E-state index >= 15 is 0 Å². The Morgan fingerprint density at radius 3 is 2.60 bits per heavy atom. The SMILES string of the molecule is CCc1cc(F)c(F)c(CCC(=O)O)c1. The van der Waals surface area contributed by atoms with Crippen LogP contribution in [0.1, 0.15) is 24.5 Å². The highest BCUT2D eigenvalue weighted by Gasteiger charge is 2.11. The maximum Gasteiger partial charge on any atom is 0.303 e. The fourth-order valence-electron chi connectivity index (χ4n) is 1.34. The van der Waals surface area contributed by atoms with Crippen LogP contribution in [0, 0.1) is 11.6 Å². The Labute approximate surface area is 86.5 Å². The Morgan fingerprint density at radius 2 is 2.07 bits per heavy atom. The van der Waals surface area contributed by atoms with Crippen LogP contribution in [0.15, 0.2) is 12.1 Å². The van der Waals surface area contributed by atoms with E-state index in [9.17, 15) is 13.6 Å². The summed E-state index contributed by atoms with van der Waals surface area (Å²) >= 11 is 0. The molecule has 0 aliphatic rings. The first-order valence-corrected chi connectivity index (χ1v) is 4.73. The van der Waals surface area contributed by atoms with Gasteiger partial charge in [0.1, 0.15) is 0 Å². The second-order valence-corrected chi connectivity index (χ2v) is 3.30. The monoisotopic (exact) mass is 214 g/mol. The van der Waals surface area contributed by atoms with E-state index in [1.807, 2.05) is 6.92 Å². The van der Waals surface area contributed by atoms with Crippen LogP contribution in [0.2, 0.25) is 0 Å². The first-order valence-electron chi connectivity index (χ1n) is 4.73. The summed E-state index contributed by atoms with van der Waals surface area (Å²) in [5.74, 6) is -2.86. The molecular weight excluding hydrogens is 202 g/mol. The van der Waals surface area contributed by atoms with Crippen molar-refractivity contribution in [1.82, 2.24) is 0 Å². The molecule has 0 saturated heterocycles. The van der Waals surface area contributed by atoms with Gasteiger partial charge in [-0.25, -0.2) is 8.78 Å². The van der Waals surface area contributed by atoms with Crippen molar-refractivity contribution in [1.29, 1.82) is 0 Å². The number of aryl methyl sites for hydroxylation is 2. The maximum atomic E-state index is 13.2. The molecule has 1 rings (SSSR count). The Hall–Kier alpha value is -1.45. The van der Waals surface area contributed by atoms with Crippen molar-refractivity contribution in [3.63, 3.8) is 0 Å². The molecule has 0 radical (unpaired) electrons. The molecule has 15 heavy (non-hydrogen) atoms. The zero-order valence-corrected chi connectivity index (χ0v) is 8.39. The van der Waals surface area contributed by atoms with Gasteiger partial charge in [0.05, 0.1) is 0 Å². The minimum Gasteiger partial charge on any atom is -0.481 e. The standard InChI is InChI=1S/C11H12F2O2/c1-2-7-5-8(3-4-10(14)15)11(13)9(12)6-7/h5-6H,2-4H2,1H3,(H,14,15). The lowest BCUT2D eigenvalue weighted by atomic mass is 10.0. The number of benzene rings is 1. The Balaban J connectivity index is 2.94. The second kappa shape index (κ2) is 4.87. The molecule has 4 heteroatoms.